The van der Waals surface area contributed by atoms with Crippen molar-refractivity contribution in [3.05, 3.63) is 0 Å². The van der Waals surface area contributed by atoms with Gasteiger partial charge in [-0.3, -0.25) is 19.2 Å². The van der Waals surface area contributed by atoms with Crippen molar-refractivity contribution in [3.63, 3.8) is 0 Å². The lowest BCUT2D eigenvalue weighted by Crippen LogP contribution is -2.54. The van der Waals surface area contributed by atoms with Gasteiger partial charge < -0.3 is 30.3 Å². The standard InChI is InChI=1S/C11H16BNO9/c14-8(15)3-5-1-2-7(12(21)22-5)13-10(18)6(11(19)20)4-9(16)17/h5-7,21H,1-4H2,(H,13,18)(H,14,15)(H,16,17)(H,19,20). The molecule has 1 heterocycles. The highest BCUT2D eigenvalue weighted by atomic mass is 16.5. The van der Waals surface area contributed by atoms with Gasteiger partial charge in [-0.05, 0) is 12.8 Å². The van der Waals surface area contributed by atoms with Gasteiger partial charge in [0, 0.05) is 0 Å². The molecular formula is C11H16BNO9. The summed E-state index contributed by atoms with van der Waals surface area (Å²) in [5.41, 5.74) is 0. The number of carboxylic acids is 3. The van der Waals surface area contributed by atoms with Crippen molar-refractivity contribution in [3.8, 4) is 0 Å². The number of rotatable bonds is 7. The van der Waals surface area contributed by atoms with Gasteiger partial charge in [-0.1, -0.05) is 0 Å². The third-order valence-corrected chi connectivity index (χ3v) is 3.20. The average molecular weight is 317 g/mol. The monoisotopic (exact) mass is 317 g/mol. The van der Waals surface area contributed by atoms with Crippen LogP contribution in [0.5, 0.6) is 0 Å². The normalized spacial score (nSPS) is 22.7. The molecule has 5 N–H and O–H groups in total. The number of amides is 1. The smallest absolute Gasteiger partial charge is 0.478 e. The molecule has 0 radical (unpaired) electrons. The number of hydrogen-bond donors (Lipinski definition) is 5. The molecule has 22 heavy (non-hydrogen) atoms. The molecule has 0 aromatic heterocycles. The second kappa shape index (κ2) is 7.75. The minimum atomic E-state index is -1.78. The Balaban J connectivity index is 2.59. The molecular weight excluding hydrogens is 301 g/mol. The van der Waals surface area contributed by atoms with E-state index in [-0.39, 0.29) is 19.3 Å². The van der Waals surface area contributed by atoms with Crippen LogP contribution in [0.1, 0.15) is 25.7 Å². The molecule has 1 aliphatic heterocycles. The maximum Gasteiger partial charge on any atom is 0.478 e. The van der Waals surface area contributed by atoms with Gasteiger partial charge in [-0.15, -0.1) is 0 Å². The molecule has 3 atom stereocenters. The second-order valence-corrected chi connectivity index (χ2v) is 4.93. The van der Waals surface area contributed by atoms with Gasteiger partial charge in [0.05, 0.1) is 24.9 Å². The Labute approximate surface area is 125 Å². The third kappa shape index (κ3) is 5.33. The van der Waals surface area contributed by atoms with E-state index >= 15 is 0 Å². The molecule has 1 rings (SSSR count). The van der Waals surface area contributed by atoms with Gasteiger partial charge in [-0.2, -0.15) is 0 Å². The Bertz CT molecular complexity index is 468. The number of carboxylic acid groups (broad SMARTS) is 3. The van der Waals surface area contributed by atoms with E-state index in [1.807, 2.05) is 0 Å². The summed E-state index contributed by atoms with van der Waals surface area (Å²) in [7, 11) is -1.48. The molecule has 1 fully saturated rings. The molecule has 0 aromatic rings. The minimum absolute atomic E-state index is 0.185. The predicted molar refractivity (Wildman–Crippen MR) is 69.6 cm³/mol. The second-order valence-electron chi connectivity index (χ2n) is 4.93. The highest BCUT2D eigenvalue weighted by Gasteiger charge is 2.39. The van der Waals surface area contributed by atoms with Crippen molar-refractivity contribution in [1.82, 2.24) is 5.32 Å². The van der Waals surface area contributed by atoms with Crippen LogP contribution in [0.4, 0.5) is 0 Å². The fourth-order valence-electron chi connectivity index (χ4n) is 2.11. The molecule has 0 bridgehead atoms. The largest absolute Gasteiger partial charge is 0.481 e. The molecule has 0 spiro atoms. The van der Waals surface area contributed by atoms with E-state index < -0.39 is 55.3 Å². The summed E-state index contributed by atoms with van der Waals surface area (Å²) < 4.78 is 5.03. The maximum atomic E-state index is 11.8. The van der Waals surface area contributed by atoms with Crippen LogP contribution >= 0.6 is 0 Å². The summed E-state index contributed by atoms with van der Waals surface area (Å²) in [6.45, 7) is 0. The highest BCUT2D eigenvalue weighted by Crippen LogP contribution is 2.19. The summed E-state index contributed by atoms with van der Waals surface area (Å²) in [5, 5.41) is 38.0. The molecule has 10 nitrogen and oxygen atoms in total. The molecule has 1 amide bonds. The summed E-state index contributed by atoms with van der Waals surface area (Å²) in [4.78, 5) is 43.8. The van der Waals surface area contributed by atoms with E-state index in [1.54, 1.807) is 0 Å². The molecule has 0 aliphatic carbocycles. The summed E-state index contributed by atoms with van der Waals surface area (Å²) in [6.07, 6.45) is -1.44. The van der Waals surface area contributed by atoms with Crippen LogP contribution in [-0.2, 0) is 23.8 Å². The van der Waals surface area contributed by atoms with Crippen LogP contribution in [-0.4, -0.2) is 63.3 Å². The first-order valence-corrected chi connectivity index (χ1v) is 6.51. The molecule has 1 saturated heterocycles. The van der Waals surface area contributed by atoms with Crippen LogP contribution in [0.3, 0.4) is 0 Å². The van der Waals surface area contributed by atoms with Crippen molar-refractivity contribution < 1.29 is 44.2 Å². The molecule has 3 unspecified atom stereocenters. The van der Waals surface area contributed by atoms with Crippen molar-refractivity contribution in [1.29, 1.82) is 0 Å². The Morgan fingerprint density at radius 2 is 1.77 bits per heavy atom. The first-order valence-electron chi connectivity index (χ1n) is 6.51. The highest BCUT2D eigenvalue weighted by molar-refractivity contribution is 6.45. The number of carbonyl (C=O) groups is 4. The Hall–Kier alpha value is -2.14. The van der Waals surface area contributed by atoms with Crippen LogP contribution in [0, 0.1) is 5.92 Å². The molecule has 0 saturated carbocycles. The van der Waals surface area contributed by atoms with E-state index in [1.165, 1.54) is 0 Å². The van der Waals surface area contributed by atoms with Gasteiger partial charge >= 0.3 is 25.0 Å². The zero-order valence-electron chi connectivity index (χ0n) is 11.5. The lowest BCUT2D eigenvalue weighted by atomic mass is 9.72. The van der Waals surface area contributed by atoms with E-state index in [0.717, 1.165) is 0 Å². The minimum Gasteiger partial charge on any atom is -0.481 e. The SMILES string of the molecule is O=C(O)CC1CCC(NC(=O)C(CC(=O)O)C(=O)O)B(O)O1. The van der Waals surface area contributed by atoms with Crippen molar-refractivity contribution in [2.45, 2.75) is 37.7 Å². The Morgan fingerprint density at radius 1 is 1.14 bits per heavy atom. The number of aliphatic carboxylic acids is 3. The van der Waals surface area contributed by atoms with Crippen LogP contribution in [0.25, 0.3) is 0 Å². The zero-order chi connectivity index (χ0) is 16.9. The molecule has 122 valence electrons. The predicted octanol–water partition coefficient (Wildman–Crippen LogP) is -1.68. The fraction of sp³-hybridized carbons (Fsp3) is 0.636. The van der Waals surface area contributed by atoms with Gasteiger partial charge in [0.2, 0.25) is 5.91 Å². The first-order chi connectivity index (χ1) is 10.2. The summed E-state index contributed by atoms with van der Waals surface area (Å²) in [5.74, 6) is -7.86. The number of hydrogen-bond acceptors (Lipinski definition) is 6. The third-order valence-electron chi connectivity index (χ3n) is 3.20. The van der Waals surface area contributed by atoms with E-state index in [9.17, 15) is 24.2 Å². The van der Waals surface area contributed by atoms with Gasteiger partial charge in [0.1, 0.15) is 5.92 Å². The van der Waals surface area contributed by atoms with E-state index in [0.29, 0.717) is 0 Å². The summed E-state index contributed by atoms with van der Waals surface area (Å²) >= 11 is 0. The van der Waals surface area contributed by atoms with E-state index in [4.69, 9.17) is 20.0 Å². The molecule has 11 heteroatoms. The fourth-order valence-corrected chi connectivity index (χ4v) is 2.11. The zero-order valence-corrected chi connectivity index (χ0v) is 11.5. The van der Waals surface area contributed by atoms with E-state index in [2.05, 4.69) is 5.32 Å². The van der Waals surface area contributed by atoms with Crippen molar-refractivity contribution >= 4 is 30.9 Å². The van der Waals surface area contributed by atoms with Gasteiger partial charge in [-0.25, -0.2) is 0 Å². The topological polar surface area (TPSA) is 170 Å². The van der Waals surface area contributed by atoms with Crippen LogP contribution < -0.4 is 5.32 Å². The average Bonchev–Trinajstić information content (AvgIpc) is 2.37. The maximum absolute atomic E-state index is 11.8. The molecule has 1 aliphatic rings. The quantitative estimate of drug-likeness (QED) is 0.272. The van der Waals surface area contributed by atoms with Gasteiger partial charge in [0.15, 0.2) is 0 Å². The lowest BCUT2D eigenvalue weighted by molar-refractivity contribution is -0.153. The number of nitrogens with one attached hydrogen (secondary N) is 1. The first kappa shape index (κ1) is 17.9. The van der Waals surface area contributed by atoms with Crippen molar-refractivity contribution in [2.75, 3.05) is 0 Å². The lowest BCUT2D eigenvalue weighted by Gasteiger charge is -2.31. The Kier molecular flexibility index (Phi) is 6.31. The molecule has 0 aromatic carbocycles. The Morgan fingerprint density at radius 3 is 2.23 bits per heavy atom. The van der Waals surface area contributed by atoms with Gasteiger partial charge in [0.25, 0.3) is 0 Å². The van der Waals surface area contributed by atoms with Crippen LogP contribution in [0.15, 0.2) is 0 Å². The van der Waals surface area contributed by atoms with Crippen LogP contribution in [0.2, 0.25) is 0 Å². The summed E-state index contributed by atoms with van der Waals surface area (Å²) in [6, 6.07) is 0. The number of carbonyl (C=O) groups excluding carboxylic acids is 1. The van der Waals surface area contributed by atoms with Crippen molar-refractivity contribution in [2.24, 2.45) is 5.92 Å².